The molecule has 0 bridgehead atoms. The number of furan rings is 1. The molecule has 0 saturated carbocycles. The molecule has 0 aliphatic rings. The minimum absolute atomic E-state index is 0.382. The van der Waals surface area contributed by atoms with Gasteiger partial charge < -0.3 is 15.5 Å². The molecular weight excluding hydrogens is 328 g/mol. The molecule has 0 saturated heterocycles. The van der Waals surface area contributed by atoms with E-state index in [9.17, 15) is 0 Å². The van der Waals surface area contributed by atoms with Crippen LogP contribution in [0.5, 0.6) is 0 Å². The van der Waals surface area contributed by atoms with Crippen molar-refractivity contribution in [2.75, 3.05) is 11.9 Å². The summed E-state index contributed by atoms with van der Waals surface area (Å²) in [5.74, 6) is 2.86. The molecule has 7 heteroatoms. The molecule has 0 spiro atoms. The van der Waals surface area contributed by atoms with Crippen LogP contribution < -0.4 is 11.1 Å². The number of nitrogens with one attached hydrogen (secondary N) is 2. The number of aromatic amines is 1. The number of benzene rings is 1. The van der Waals surface area contributed by atoms with E-state index in [-0.39, 0.29) is 0 Å². The Morgan fingerprint density at radius 1 is 1.31 bits per heavy atom. The van der Waals surface area contributed by atoms with E-state index in [1.807, 2.05) is 18.2 Å². The monoisotopic (exact) mass is 352 g/mol. The third-order valence-electron chi connectivity index (χ3n) is 4.27. The molecule has 0 aliphatic heterocycles. The van der Waals surface area contributed by atoms with Gasteiger partial charge in [-0.2, -0.15) is 5.10 Å². The standard InChI is InChI=1S/C19H24N6O/c1-3-13(2)14-6-8-15(9-7-14)22-19(20)21-11-10-17-23-18(25-24-17)16-5-4-12-26-16/h4-9,12-13H,3,10-11H2,1-2H3,(H3,20,21,22)(H,23,24,25). The summed E-state index contributed by atoms with van der Waals surface area (Å²) < 4.78 is 5.27. The van der Waals surface area contributed by atoms with Crippen molar-refractivity contribution in [3.05, 3.63) is 54.0 Å². The van der Waals surface area contributed by atoms with Crippen LogP contribution in [0.15, 0.2) is 52.1 Å². The lowest BCUT2D eigenvalue weighted by molar-refractivity contribution is 0.577. The summed E-state index contributed by atoms with van der Waals surface area (Å²) in [6, 6.07) is 11.9. The zero-order valence-corrected chi connectivity index (χ0v) is 15.1. The van der Waals surface area contributed by atoms with Crippen molar-refractivity contribution in [3.63, 3.8) is 0 Å². The summed E-state index contributed by atoms with van der Waals surface area (Å²) in [4.78, 5) is 8.71. The maximum Gasteiger partial charge on any atom is 0.216 e. The number of hydrogen-bond acceptors (Lipinski definition) is 4. The van der Waals surface area contributed by atoms with Crippen molar-refractivity contribution in [2.45, 2.75) is 32.6 Å². The molecule has 2 heterocycles. The van der Waals surface area contributed by atoms with Gasteiger partial charge in [-0.1, -0.05) is 26.0 Å². The molecule has 0 fully saturated rings. The number of anilines is 1. The van der Waals surface area contributed by atoms with Gasteiger partial charge >= 0.3 is 0 Å². The van der Waals surface area contributed by atoms with Gasteiger partial charge in [-0.05, 0) is 42.2 Å². The summed E-state index contributed by atoms with van der Waals surface area (Å²) in [5, 5.41) is 10.1. The van der Waals surface area contributed by atoms with E-state index in [0.717, 1.165) is 17.9 Å². The molecule has 1 aromatic carbocycles. The fraction of sp³-hybridized carbons (Fsp3) is 0.316. The summed E-state index contributed by atoms with van der Waals surface area (Å²) in [6.45, 7) is 4.92. The van der Waals surface area contributed by atoms with Gasteiger partial charge in [0.05, 0.1) is 6.26 Å². The predicted octanol–water partition coefficient (Wildman–Crippen LogP) is 3.55. The molecule has 7 nitrogen and oxygen atoms in total. The van der Waals surface area contributed by atoms with Crippen molar-refractivity contribution >= 4 is 11.6 Å². The van der Waals surface area contributed by atoms with E-state index in [4.69, 9.17) is 10.2 Å². The quantitative estimate of drug-likeness (QED) is 0.445. The molecule has 1 atom stereocenters. The Labute approximate surface area is 152 Å². The van der Waals surface area contributed by atoms with Crippen molar-refractivity contribution in [2.24, 2.45) is 10.7 Å². The second kappa shape index (κ2) is 8.33. The van der Waals surface area contributed by atoms with E-state index in [1.165, 1.54) is 5.56 Å². The largest absolute Gasteiger partial charge is 0.461 e. The van der Waals surface area contributed by atoms with Crippen LogP contribution in [0, 0.1) is 0 Å². The Bertz CT molecular complexity index is 835. The van der Waals surface area contributed by atoms with Gasteiger partial charge in [0.1, 0.15) is 5.82 Å². The lowest BCUT2D eigenvalue weighted by Crippen LogP contribution is -2.23. The van der Waals surface area contributed by atoms with Gasteiger partial charge in [0.25, 0.3) is 0 Å². The van der Waals surface area contributed by atoms with Crippen LogP contribution in [0.3, 0.4) is 0 Å². The first-order valence-electron chi connectivity index (χ1n) is 8.77. The topological polar surface area (TPSA) is 105 Å². The first kappa shape index (κ1) is 17.7. The average molecular weight is 352 g/mol. The zero-order chi connectivity index (χ0) is 18.4. The van der Waals surface area contributed by atoms with Crippen molar-refractivity contribution in [1.82, 2.24) is 15.2 Å². The van der Waals surface area contributed by atoms with Gasteiger partial charge in [0.2, 0.25) is 5.82 Å². The van der Waals surface area contributed by atoms with Crippen molar-refractivity contribution in [3.8, 4) is 11.6 Å². The van der Waals surface area contributed by atoms with Crippen molar-refractivity contribution < 1.29 is 4.42 Å². The normalized spacial score (nSPS) is 12.9. The number of hydrogen-bond donors (Lipinski definition) is 3. The molecule has 0 amide bonds. The predicted molar refractivity (Wildman–Crippen MR) is 103 cm³/mol. The van der Waals surface area contributed by atoms with E-state index >= 15 is 0 Å². The van der Waals surface area contributed by atoms with Crippen LogP contribution in [-0.4, -0.2) is 27.7 Å². The van der Waals surface area contributed by atoms with E-state index in [0.29, 0.717) is 36.4 Å². The first-order valence-corrected chi connectivity index (χ1v) is 8.77. The minimum Gasteiger partial charge on any atom is -0.461 e. The molecule has 0 radical (unpaired) electrons. The number of aromatic nitrogens is 3. The molecule has 4 N–H and O–H groups in total. The smallest absolute Gasteiger partial charge is 0.216 e. The lowest BCUT2D eigenvalue weighted by atomic mass is 9.99. The van der Waals surface area contributed by atoms with E-state index < -0.39 is 0 Å². The Balaban J connectivity index is 1.51. The Morgan fingerprint density at radius 2 is 2.12 bits per heavy atom. The Hall–Kier alpha value is -3.09. The molecular formula is C19H24N6O. The van der Waals surface area contributed by atoms with Crippen molar-refractivity contribution in [1.29, 1.82) is 0 Å². The summed E-state index contributed by atoms with van der Waals surface area (Å²) in [7, 11) is 0. The van der Waals surface area contributed by atoms with Gasteiger partial charge in [0.15, 0.2) is 11.7 Å². The molecule has 136 valence electrons. The van der Waals surface area contributed by atoms with E-state index in [1.54, 1.807) is 12.3 Å². The summed E-state index contributed by atoms with van der Waals surface area (Å²) in [6.07, 6.45) is 3.33. The molecule has 3 rings (SSSR count). The SMILES string of the molecule is CCC(C)c1ccc(NC(N)=NCCc2nc(-c3ccco3)n[nH]2)cc1. The highest BCUT2D eigenvalue weighted by atomic mass is 16.3. The summed E-state index contributed by atoms with van der Waals surface area (Å²) in [5.41, 5.74) is 8.21. The highest BCUT2D eigenvalue weighted by Crippen LogP contribution is 2.20. The Kier molecular flexibility index (Phi) is 5.68. The maximum absolute atomic E-state index is 5.95. The van der Waals surface area contributed by atoms with Crippen LogP contribution in [0.1, 0.15) is 37.6 Å². The molecule has 1 unspecified atom stereocenters. The lowest BCUT2D eigenvalue weighted by Gasteiger charge is -2.10. The fourth-order valence-electron chi connectivity index (χ4n) is 2.52. The molecule has 0 aliphatic carbocycles. The van der Waals surface area contributed by atoms with Gasteiger partial charge in [-0.3, -0.25) is 10.1 Å². The van der Waals surface area contributed by atoms with Crippen LogP contribution in [-0.2, 0) is 6.42 Å². The first-order chi connectivity index (χ1) is 12.7. The molecule has 2 aromatic heterocycles. The third-order valence-corrected chi connectivity index (χ3v) is 4.27. The number of nitrogens with zero attached hydrogens (tertiary/aromatic N) is 3. The third kappa shape index (κ3) is 4.50. The minimum atomic E-state index is 0.382. The second-order valence-electron chi connectivity index (χ2n) is 6.16. The van der Waals surface area contributed by atoms with Gasteiger partial charge in [-0.25, -0.2) is 4.98 Å². The van der Waals surface area contributed by atoms with Crippen LogP contribution >= 0.6 is 0 Å². The number of nitrogens with two attached hydrogens (primary N) is 1. The number of aliphatic imine (C=N–C) groups is 1. The molecule has 3 aromatic rings. The highest BCUT2D eigenvalue weighted by molar-refractivity contribution is 5.92. The second-order valence-corrected chi connectivity index (χ2v) is 6.16. The zero-order valence-electron chi connectivity index (χ0n) is 15.1. The number of guanidine groups is 1. The maximum atomic E-state index is 5.95. The molecule has 26 heavy (non-hydrogen) atoms. The van der Waals surface area contributed by atoms with Crippen LogP contribution in [0.25, 0.3) is 11.6 Å². The van der Waals surface area contributed by atoms with Crippen LogP contribution in [0.4, 0.5) is 5.69 Å². The number of rotatable bonds is 7. The van der Waals surface area contributed by atoms with Crippen LogP contribution in [0.2, 0.25) is 0 Å². The van der Waals surface area contributed by atoms with E-state index in [2.05, 4.69) is 51.5 Å². The van der Waals surface area contributed by atoms with Gasteiger partial charge in [0, 0.05) is 18.7 Å². The summed E-state index contributed by atoms with van der Waals surface area (Å²) >= 11 is 0. The highest BCUT2D eigenvalue weighted by Gasteiger charge is 2.08. The van der Waals surface area contributed by atoms with Gasteiger partial charge in [-0.15, -0.1) is 0 Å². The fourth-order valence-corrected chi connectivity index (χ4v) is 2.52. The average Bonchev–Trinajstić information content (AvgIpc) is 3.33. The number of H-pyrrole nitrogens is 1. The Morgan fingerprint density at radius 3 is 2.81 bits per heavy atom.